The number of nitrogens with two attached hydrogens (primary N) is 1. The van der Waals surface area contributed by atoms with E-state index in [0.29, 0.717) is 9.88 Å². The van der Waals surface area contributed by atoms with Crippen LogP contribution in [0.2, 0.25) is 0 Å². The van der Waals surface area contributed by atoms with Crippen LogP contribution in [0.5, 0.6) is 0 Å². The van der Waals surface area contributed by atoms with Crippen LogP contribution < -0.4 is 5.73 Å². The van der Waals surface area contributed by atoms with Gasteiger partial charge in [-0.15, -0.1) is 23.7 Å². The maximum absolute atomic E-state index is 5.62. The minimum Gasteiger partial charge on any atom is -0.375 e. The Labute approximate surface area is 111 Å². The molecule has 0 saturated carbocycles. The minimum atomic E-state index is 0. The van der Waals surface area contributed by atoms with Gasteiger partial charge in [-0.2, -0.15) is 11.8 Å². The first kappa shape index (κ1) is 14.1. The molecule has 0 bridgehead atoms. The topological polar surface area (TPSA) is 42.2 Å². The zero-order valence-corrected chi connectivity index (χ0v) is 12.1. The van der Waals surface area contributed by atoms with Gasteiger partial charge >= 0.3 is 0 Å². The summed E-state index contributed by atoms with van der Waals surface area (Å²) in [5, 5.41) is 0.677. The van der Waals surface area contributed by atoms with Crippen LogP contribution in [0.25, 0.3) is 0 Å². The van der Waals surface area contributed by atoms with Gasteiger partial charge in [0.2, 0.25) is 0 Å². The normalized spacial score (nSPS) is 20.4. The Morgan fingerprint density at radius 1 is 1.56 bits per heavy atom. The van der Waals surface area contributed by atoms with Crippen molar-refractivity contribution in [3.05, 3.63) is 11.1 Å². The van der Waals surface area contributed by atoms with Crippen LogP contribution >= 0.6 is 35.5 Å². The van der Waals surface area contributed by atoms with Crippen LogP contribution in [0.4, 0.5) is 5.13 Å². The SMILES string of the molecule is CC1(C)CN(Cc2cnc(N)s2)CCS1.Cl. The molecule has 2 heterocycles. The largest absolute Gasteiger partial charge is 0.375 e. The number of rotatable bonds is 2. The molecule has 3 nitrogen and oxygen atoms in total. The fourth-order valence-corrected chi connectivity index (χ4v) is 3.77. The van der Waals surface area contributed by atoms with E-state index in [1.54, 1.807) is 11.3 Å². The number of nitrogens with zero attached hydrogens (tertiary/aromatic N) is 2. The van der Waals surface area contributed by atoms with Crippen molar-refractivity contribution in [1.82, 2.24) is 9.88 Å². The van der Waals surface area contributed by atoms with Crippen LogP contribution in [-0.2, 0) is 6.54 Å². The predicted molar refractivity (Wildman–Crippen MR) is 75.6 cm³/mol. The molecule has 2 rings (SSSR count). The molecule has 0 amide bonds. The van der Waals surface area contributed by atoms with Crippen molar-refractivity contribution in [2.75, 3.05) is 24.6 Å². The number of hydrogen-bond donors (Lipinski definition) is 1. The van der Waals surface area contributed by atoms with Gasteiger partial charge in [-0.25, -0.2) is 4.98 Å². The van der Waals surface area contributed by atoms with Crippen molar-refractivity contribution in [1.29, 1.82) is 0 Å². The van der Waals surface area contributed by atoms with Crippen LogP contribution in [0, 0.1) is 0 Å². The van der Waals surface area contributed by atoms with Crippen LogP contribution in [0.3, 0.4) is 0 Å². The highest BCUT2D eigenvalue weighted by Crippen LogP contribution is 2.30. The molecule has 0 unspecified atom stereocenters. The van der Waals surface area contributed by atoms with Gasteiger partial charge in [0.05, 0.1) is 0 Å². The third-order valence-corrected chi connectivity index (χ3v) is 4.56. The van der Waals surface area contributed by atoms with E-state index in [9.17, 15) is 0 Å². The molecule has 1 fully saturated rings. The van der Waals surface area contributed by atoms with Gasteiger partial charge in [0.25, 0.3) is 0 Å². The summed E-state index contributed by atoms with van der Waals surface area (Å²) in [4.78, 5) is 7.85. The second-order valence-electron chi connectivity index (χ2n) is 4.48. The van der Waals surface area contributed by atoms with Gasteiger partial charge in [-0.1, -0.05) is 0 Å². The molecule has 1 aliphatic heterocycles. The lowest BCUT2D eigenvalue weighted by Gasteiger charge is -2.37. The quantitative estimate of drug-likeness (QED) is 0.903. The highest BCUT2D eigenvalue weighted by molar-refractivity contribution is 8.00. The summed E-state index contributed by atoms with van der Waals surface area (Å²) < 4.78 is 0.383. The molecule has 0 atom stereocenters. The van der Waals surface area contributed by atoms with Gasteiger partial charge in [-0.05, 0) is 13.8 Å². The average Bonchev–Trinajstić information content (AvgIpc) is 2.49. The lowest BCUT2D eigenvalue weighted by atomic mass is 10.2. The number of nitrogen functional groups attached to an aromatic ring is 1. The number of halogens is 1. The molecule has 2 N–H and O–H groups in total. The summed E-state index contributed by atoms with van der Waals surface area (Å²) in [6.45, 7) is 7.94. The number of anilines is 1. The molecule has 16 heavy (non-hydrogen) atoms. The fraction of sp³-hybridized carbons (Fsp3) is 0.700. The highest BCUT2D eigenvalue weighted by Gasteiger charge is 2.26. The first-order valence-electron chi connectivity index (χ1n) is 5.12. The molecule has 1 aromatic rings. The van der Waals surface area contributed by atoms with Crippen LogP contribution in [0.15, 0.2) is 6.20 Å². The summed E-state index contributed by atoms with van der Waals surface area (Å²) in [7, 11) is 0. The molecule has 1 aliphatic rings. The van der Waals surface area contributed by atoms with E-state index in [4.69, 9.17) is 5.73 Å². The fourth-order valence-electron chi connectivity index (χ4n) is 1.87. The Hall–Kier alpha value is 0.0300. The van der Waals surface area contributed by atoms with Gasteiger partial charge in [-0.3, -0.25) is 4.90 Å². The zero-order valence-electron chi connectivity index (χ0n) is 9.60. The first-order chi connectivity index (χ1) is 7.05. The van der Waals surface area contributed by atoms with Crippen LogP contribution in [-0.4, -0.2) is 33.5 Å². The molecule has 0 radical (unpaired) electrons. The Balaban J connectivity index is 0.00000128. The summed E-state index contributed by atoms with van der Waals surface area (Å²) in [5.74, 6) is 1.22. The van der Waals surface area contributed by atoms with Crippen molar-refractivity contribution in [2.24, 2.45) is 0 Å². The third kappa shape index (κ3) is 3.80. The monoisotopic (exact) mass is 279 g/mol. The van der Waals surface area contributed by atoms with Crippen molar-refractivity contribution >= 4 is 40.6 Å². The predicted octanol–water partition coefficient (Wildman–Crippen LogP) is 2.47. The third-order valence-electron chi connectivity index (χ3n) is 2.46. The van der Waals surface area contributed by atoms with E-state index in [0.717, 1.165) is 13.1 Å². The minimum absolute atomic E-state index is 0. The second kappa shape index (κ2) is 5.58. The van der Waals surface area contributed by atoms with Crippen molar-refractivity contribution in [3.63, 3.8) is 0 Å². The molecular weight excluding hydrogens is 262 g/mol. The maximum atomic E-state index is 5.62. The molecule has 0 aromatic carbocycles. The summed E-state index contributed by atoms with van der Waals surface area (Å²) in [6.07, 6.45) is 1.90. The second-order valence-corrected chi connectivity index (χ2v) is 7.43. The molecule has 92 valence electrons. The number of thiazole rings is 1. The number of thioether (sulfide) groups is 1. The number of aromatic nitrogens is 1. The highest BCUT2D eigenvalue weighted by atomic mass is 35.5. The molecule has 0 spiro atoms. The summed E-state index contributed by atoms with van der Waals surface area (Å²) >= 11 is 3.66. The average molecular weight is 280 g/mol. The maximum Gasteiger partial charge on any atom is 0.180 e. The van der Waals surface area contributed by atoms with E-state index in [2.05, 4.69) is 35.5 Å². The molecule has 1 saturated heterocycles. The van der Waals surface area contributed by atoms with Gasteiger partial charge in [0, 0.05) is 41.2 Å². The first-order valence-corrected chi connectivity index (χ1v) is 6.92. The van der Waals surface area contributed by atoms with Gasteiger partial charge < -0.3 is 5.73 Å². The summed E-state index contributed by atoms with van der Waals surface area (Å²) in [5.41, 5.74) is 5.62. The van der Waals surface area contributed by atoms with E-state index in [1.165, 1.54) is 17.2 Å². The Morgan fingerprint density at radius 2 is 2.31 bits per heavy atom. The van der Waals surface area contributed by atoms with Crippen molar-refractivity contribution in [3.8, 4) is 0 Å². The Kier molecular flexibility index (Phi) is 4.91. The molecule has 1 aromatic heterocycles. The molecule has 6 heteroatoms. The van der Waals surface area contributed by atoms with E-state index in [1.807, 2.05) is 6.20 Å². The Morgan fingerprint density at radius 3 is 2.88 bits per heavy atom. The van der Waals surface area contributed by atoms with E-state index >= 15 is 0 Å². The zero-order chi connectivity index (χ0) is 10.9. The lowest BCUT2D eigenvalue weighted by molar-refractivity contribution is 0.254. The summed E-state index contributed by atoms with van der Waals surface area (Å²) in [6, 6.07) is 0. The van der Waals surface area contributed by atoms with Crippen LogP contribution in [0.1, 0.15) is 18.7 Å². The van der Waals surface area contributed by atoms with Gasteiger partial charge in [0.15, 0.2) is 5.13 Å². The van der Waals surface area contributed by atoms with Crippen molar-refractivity contribution in [2.45, 2.75) is 25.1 Å². The standard InChI is InChI=1S/C10H17N3S2.ClH/c1-10(2)7-13(3-4-14-10)6-8-5-12-9(11)15-8;/h5H,3-4,6-7H2,1-2H3,(H2,11,12);1H. The van der Waals surface area contributed by atoms with E-state index in [-0.39, 0.29) is 12.4 Å². The molecular formula is C10H18ClN3S2. The smallest absolute Gasteiger partial charge is 0.180 e. The molecule has 0 aliphatic carbocycles. The number of hydrogen-bond acceptors (Lipinski definition) is 5. The van der Waals surface area contributed by atoms with Crippen molar-refractivity contribution < 1.29 is 0 Å². The Bertz CT molecular complexity index is 341. The van der Waals surface area contributed by atoms with Gasteiger partial charge in [0.1, 0.15) is 0 Å². The lowest BCUT2D eigenvalue weighted by Crippen LogP contribution is -2.42. The van der Waals surface area contributed by atoms with E-state index < -0.39 is 0 Å².